The van der Waals surface area contributed by atoms with E-state index < -0.39 is 28.7 Å². The predicted octanol–water partition coefficient (Wildman–Crippen LogP) is 3.80. The lowest BCUT2D eigenvalue weighted by atomic mass is 9.78. The molecule has 5 rings (SSSR count). The van der Waals surface area contributed by atoms with Gasteiger partial charge in [0.1, 0.15) is 6.04 Å². The highest BCUT2D eigenvalue weighted by molar-refractivity contribution is 8.02. The van der Waals surface area contributed by atoms with Crippen molar-refractivity contribution in [2.45, 2.75) is 69.0 Å². The fourth-order valence-electron chi connectivity index (χ4n) is 6.56. The molecule has 8 heteroatoms. The summed E-state index contributed by atoms with van der Waals surface area (Å²) in [5.41, 5.74) is 2.84. The number of fused-ring (bicyclic) bond motifs is 2. The van der Waals surface area contributed by atoms with Crippen molar-refractivity contribution < 1.29 is 24.2 Å². The number of carbonyl (C=O) groups excluding carboxylic acids is 3. The second-order valence-electron chi connectivity index (χ2n) is 11.3. The van der Waals surface area contributed by atoms with E-state index in [0.717, 1.165) is 36.1 Å². The lowest BCUT2D eigenvalue weighted by molar-refractivity contribution is -0.153. The first-order chi connectivity index (χ1) is 18.2. The molecule has 2 saturated heterocycles. The van der Waals surface area contributed by atoms with Crippen LogP contribution in [0.25, 0.3) is 0 Å². The predicted molar refractivity (Wildman–Crippen MR) is 149 cm³/mol. The zero-order chi connectivity index (χ0) is 27.2. The topological polar surface area (TPSA) is 87.2 Å². The normalized spacial score (nSPS) is 32.9. The number of allylic oxidation sites excluding steroid dienone is 1. The van der Waals surface area contributed by atoms with E-state index in [9.17, 15) is 19.5 Å². The summed E-state index contributed by atoms with van der Waals surface area (Å²) in [5.74, 6) is -2.30. The third-order valence-electron chi connectivity index (χ3n) is 8.51. The summed E-state index contributed by atoms with van der Waals surface area (Å²) >= 11 is 1.54. The number of cyclic esters (lactones) is 1. The molecule has 4 aliphatic heterocycles. The lowest BCUT2D eigenvalue weighted by Gasteiger charge is -2.40. The van der Waals surface area contributed by atoms with Gasteiger partial charge in [0.2, 0.25) is 5.91 Å². The van der Waals surface area contributed by atoms with Gasteiger partial charge in [-0.3, -0.25) is 14.4 Å². The Hall–Kier alpha value is -2.58. The molecular weight excluding hydrogens is 500 g/mol. The maximum Gasteiger partial charge on any atom is 0.311 e. The summed E-state index contributed by atoms with van der Waals surface area (Å²) < 4.78 is 4.75. The highest BCUT2D eigenvalue weighted by Crippen LogP contribution is 2.61. The van der Waals surface area contributed by atoms with Gasteiger partial charge in [0.15, 0.2) is 0 Å². The van der Waals surface area contributed by atoms with E-state index in [2.05, 4.69) is 6.08 Å². The number of carbonyl (C=O) groups is 3. The molecular formula is C30H38N2O5S. The number of hydrogen-bond acceptors (Lipinski definition) is 6. The number of amides is 2. The Labute approximate surface area is 229 Å². The summed E-state index contributed by atoms with van der Waals surface area (Å²) in [6.07, 6.45) is 10.7. The van der Waals surface area contributed by atoms with E-state index >= 15 is 0 Å². The van der Waals surface area contributed by atoms with E-state index in [4.69, 9.17) is 4.74 Å². The number of nitrogens with zero attached hydrogens (tertiary/aromatic N) is 2. The first-order valence-electron chi connectivity index (χ1n) is 13.7. The minimum absolute atomic E-state index is 0.0781. The number of aliphatic hydroxyl groups excluding tert-OH is 1. The van der Waals surface area contributed by atoms with Gasteiger partial charge in [0.25, 0.3) is 5.91 Å². The number of aliphatic hydroxyl groups is 1. The van der Waals surface area contributed by atoms with E-state index in [-0.39, 0.29) is 35.6 Å². The van der Waals surface area contributed by atoms with E-state index in [1.807, 2.05) is 64.1 Å². The van der Waals surface area contributed by atoms with Crippen LogP contribution in [0.2, 0.25) is 0 Å². The third kappa shape index (κ3) is 4.30. The Kier molecular flexibility index (Phi) is 7.48. The molecule has 204 valence electrons. The number of rotatable bonds is 4. The molecule has 0 saturated carbocycles. The van der Waals surface area contributed by atoms with Crippen LogP contribution in [-0.4, -0.2) is 69.6 Å². The van der Waals surface area contributed by atoms with Gasteiger partial charge < -0.3 is 19.6 Å². The fraction of sp³-hybridized carbons (Fsp3) is 0.567. The lowest BCUT2D eigenvalue weighted by Crippen LogP contribution is -2.57. The average molecular weight is 539 g/mol. The maximum atomic E-state index is 14.6. The molecule has 1 unspecified atom stereocenters. The van der Waals surface area contributed by atoms with Crippen molar-refractivity contribution in [1.29, 1.82) is 0 Å². The minimum Gasteiger partial charge on any atom is -0.465 e. The van der Waals surface area contributed by atoms with Crippen LogP contribution in [0.15, 0.2) is 42.5 Å². The fourth-order valence-corrected chi connectivity index (χ4v) is 8.55. The first kappa shape index (κ1) is 27.0. The van der Waals surface area contributed by atoms with Gasteiger partial charge in [-0.05, 0) is 56.2 Å². The minimum atomic E-state index is -0.935. The quantitative estimate of drug-likeness (QED) is 0.464. The summed E-state index contributed by atoms with van der Waals surface area (Å²) in [6, 6.07) is 4.64. The van der Waals surface area contributed by atoms with Crippen molar-refractivity contribution in [2.75, 3.05) is 24.7 Å². The molecule has 0 radical (unpaired) electrons. The molecule has 0 bridgehead atoms. The molecule has 4 heterocycles. The van der Waals surface area contributed by atoms with E-state index in [1.54, 1.807) is 21.6 Å². The molecule has 2 amide bonds. The molecule has 38 heavy (non-hydrogen) atoms. The number of hydrogen-bond donors (Lipinski definition) is 1. The van der Waals surface area contributed by atoms with Crippen LogP contribution >= 0.6 is 11.8 Å². The number of ether oxygens (including phenoxy) is 1. The molecule has 1 N–H and O–H groups in total. The second kappa shape index (κ2) is 10.5. The number of esters is 1. The SMILES string of the molecule is Cc1ccc(C)c(N2CC=C[C@]34S[C@H]5/C=C\CCCCOC(=O)[C@H]5[C@H]3C(=O)N([C@@H](CO)C(C)C)C4C2=O)c1. The number of benzene rings is 1. The first-order valence-corrected chi connectivity index (χ1v) is 14.6. The molecule has 0 aromatic heterocycles. The van der Waals surface area contributed by atoms with Crippen molar-refractivity contribution in [3.8, 4) is 0 Å². The molecule has 1 aromatic carbocycles. The van der Waals surface area contributed by atoms with Gasteiger partial charge in [0, 0.05) is 17.5 Å². The third-order valence-corrected chi connectivity index (χ3v) is 10.3. The summed E-state index contributed by atoms with van der Waals surface area (Å²) in [5, 5.41) is 10.2. The largest absolute Gasteiger partial charge is 0.465 e. The van der Waals surface area contributed by atoms with Crippen molar-refractivity contribution in [1.82, 2.24) is 4.90 Å². The standard InChI is InChI=1S/C30H38N2O5S/c1-18(2)22(17-33)32-26-28(35)31(21-16-19(3)11-12-20(21)4)14-9-13-30(26)25(27(32)34)24-23(38-30)10-7-5-6-8-15-37-29(24)36/h7,9-13,16,18,22-26,33H,5-6,8,14-15,17H2,1-4H3/b10-7-/t22-,23-,24+,25-,26?,30-/m0/s1. The Morgan fingerprint density at radius 1 is 1.13 bits per heavy atom. The molecule has 0 aliphatic carbocycles. The second-order valence-corrected chi connectivity index (χ2v) is 12.8. The van der Waals surface area contributed by atoms with Crippen LogP contribution in [0.1, 0.15) is 44.2 Å². The molecule has 4 aliphatic rings. The molecule has 1 spiro atoms. The number of anilines is 1. The highest BCUT2D eigenvalue weighted by Gasteiger charge is 2.71. The van der Waals surface area contributed by atoms with Crippen LogP contribution in [0.5, 0.6) is 0 Å². The Bertz CT molecular complexity index is 1180. The monoisotopic (exact) mass is 538 g/mol. The van der Waals surface area contributed by atoms with Crippen LogP contribution in [0.4, 0.5) is 5.69 Å². The van der Waals surface area contributed by atoms with Gasteiger partial charge in [-0.25, -0.2) is 0 Å². The van der Waals surface area contributed by atoms with Gasteiger partial charge in [0.05, 0.1) is 35.8 Å². The van der Waals surface area contributed by atoms with Crippen LogP contribution < -0.4 is 4.90 Å². The van der Waals surface area contributed by atoms with Gasteiger partial charge in [-0.15, -0.1) is 11.8 Å². The molecule has 6 atom stereocenters. The van der Waals surface area contributed by atoms with E-state index in [1.165, 1.54) is 0 Å². The van der Waals surface area contributed by atoms with E-state index in [0.29, 0.717) is 13.2 Å². The highest BCUT2D eigenvalue weighted by atomic mass is 32.2. The average Bonchev–Trinajstić information content (AvgIpc) is 3.26. The summed E-state index contributed by atoms with van der Waals surface area (Å²) in [7, 11) is 0. The van der Waals surface area contributed by atoms with Crippen molar-refractivity contribution in [3.63, 3.8) is 0 Å². The van der Waals surface area contributed by atoms with Crippen molar-refractivity contribution in [3.05, 3.63) is 53.6 Å². The van der Waals surface area contributed by atoms with Gasteiger partial charge in [-0.2, -0.15) is 0 Å². The van der Waals surface area contributed by atoms with Crippen LogP contribution in [0, 0.1) is 31.6 Å². The molecule has 2 fully saturated rings. The Morgan fingerprint density at radius 3 is 2.66 bits per heavy atom. The zero-order valence-electron chi connectivity index (χ0n) is 22.6. The van der Waals surface area contributed by atoms with Gasteiger partial charge >= 0.3 is 5.97 Å². The molecule has 1 aromatic rings. The summed E-state index contributed by atoms with van der Waals surface area (Å²) in [6.45, 7) is 8.33. The van der Waals surface area contributed by atoms with Gasteiger partial charge in [-0.1, -0.05) is 50.3 Å². The zero-order valence-corrected chi connectivity index (χ0v) is 23.4. The van der Waals surface area contributed by atoms with Crippen LogP contribution in [-0.2, 0) is 19.1 Å². The van der Waals surface area contributed by atoms with Crippen LogP contribution in [0.3, 0.4) is 0 Å². The van der Waals surface area contributed by atoms with Crippen molar-refractivity contribution >= 4 is 35.2 Å². The molecule has 7 nitrogen and oxygen atoms in total. The Balaban J connectivity index is 1.67. The smallest absolute Gasteiger partial charge is 0.311 e. The number of thioether (sulfide) groups is 1. The van der Waals surface area contributed by atoms with Crippen molar-refractivity contribution in [2.24, 2.45) is 17.8 Å². The number of aryl methyl sites for hydroxylation is 2. The number of likely N-dealkylation sites (tertiary alicyclic amines) is 1. The maximum absolute atomic E-state index is 14.6. The Morgan fingerprint density at radius 2 is 1.92 bits per heavy atom. The summed E-state index contributed by atoms with van der Waals surface area (Å²) in [4.78, 5) is 45.9.